The molecular formula is C12H19NO4S. The molecule has 18 heavy (non-hydrogen) atoms. The average Bonchev–Trinajstić information content (AvgIpc) is 2.38. The highest BCUT2D eigenvalue weighted by Crippen LogP contribution is 2.19. The van der Waals surface area contributed by atoms with Crippen molar-refractivity contribution in [3.05, 3.63) is 29.8 Å². The Bertz CT molecular complexity index is 473. The monoisotopic (exact) mass is 273 g/mol. The second-order valence-corrected chi connectivity index (χ2v) is 5.95. The van der Waals surface area contributed by atoms with Gasteiger partial charge in [-0.2, -0.15) is 0 Å². The molecule has 0 amide bonds. The van der Waals surface area contributed by atoms with Gasteiger partial charge < -0.3 is 9.84 Å². The summed E-state index contributed by atoms with van der Waals surface area (Å²) in [5, 5.41) is 9.17. The Kier molecular flexibility index (Phi) is 5.74. The predicted molar refractivity (Wildman–Crippen MR) is 68.7 cm³/mol. The molecule has 0 spiro atoms. The van der Waals surface area contributed by atoms with Crippen molar-refractivity contribution < 1.29 is 18.3 Å². The lowest BCUT2D eigenvalue weighted by Gasteiger charge is -2.18. The van der Waals surface area contributed by atoms with Gasteiger partial charge in [0.25, 0.3) is 0 Å². The Hall–Kier alpha value is -0.950. The van der Waals surface area contributed by atoms with Gasteiger partial charge in [0, 0.05) is 27.3 Å². The van der Waals surface area contributed by atoms with Crippen LogP contribution in [0.25, 0.3) is 0 Å². The molecule has 0 aliphatic carbocycles. The van der Waals surface area contributed by atoms with Crippen LogP contribution in [0.5, 0.6) is 0 Å². The van der Waals surface area contributed by atoms with E-state index in [1.54, 1.807) is 25.3 Å². The Balaban J connectivity index is 2.91. The normalized spacial score (nSPS) is 12.0. The predicted octanol–water partition coefficient (Wildman–Crippen LogP) is 0.836. The van der Waals surface area contributed by atoms with Crippen molar-refractivity contribution in [2.45, 2.75) is 17.9 Å². The molecule has 0 aliphatic rings. The van der Waals surface area contributed by atoms with E-state index in [4.69, 9.17) is 4.74 Å². The van der Waals surface area contributed by atoms with Gasteiger partial charge in [-0.15, -0.1) is 0 Å². The minimum Gasteiger partial charge on any atom is -0.392 e. The zero-order valence-corrected chi connectivity index (χ0v) is 11.5. The van der Waals surface area contributed by atoms with Gasteiger partial charge in [0.1, 0.15) is 0 Å². The number of ether oxygens (including phenoxy) is 1. The number of hydrogen-bond acceptors (Lipinski definition) is 4. The van der Waals surface area contributed by atoms with Crippen molar-refractivity contribution in [1.29, 1.82) is 0 Å². The third kappa shape index (κ3) is 3.52. The van der Waals surface area contributed by atoms with Gasteiger partial charge in [0.2, 0.25) is 10.0 Å². The molecule has 102 valence electrons. The number of benzene rings is 1. The van der Waals surface area contributed by atoms with Gasteiger partial charge in [-0.05, 0) is 18.1 Å². The minimum absolute atomic E-state index is 0.160. The van der Waals surface area contributed by atoms with E-state index in [0.717, 1.165) is 0 Å². The summed E-state index contributed by atoms with van der Waals surface area (Å²) in [7, 11) is -0.439. The SMILES string of the molecule is COCCCN(C)S(=O)(=O)c1ccccc1CO. The van der Waals surface area contributed by atoms with Crippen LogP contribution in [0.4, 0.5) is 0 Å². The molecule has 0 atom stereocenters. The van der Waals surface area contributed by atoms with Crippen LogP contribution in [0.15, 0.2) is 29.2 Å². The molecule has 0 bridgehead atoms. The highest BCUT2D eigenvalue weighted by molar-refractivity contribution is 7.89. The van der Waals surface area contributed by atoms with Crippen LogP contribution in [0.2, 0.25) is 0 Å². The Morgan fingerprint density at radius 3 is 2.61 bits per heavy atom. The first-order chi connectivity index (χ1) is 8.54. The van der Waals surface area contributed by atoms with E-state index in [-0.39, 0.29) is 11.5 Å². The summed E-state index contributed by atoms with van der Waals surface area (Å²) in [6.45, 7) is 0.610. The van der Waals surface area contributed by atoms with Crippen molar-refractivity contribution >= 4 is 10.0 Å². The van der Waals surface area contributed by atoms with Crippen LogP contribution >= 0.6 is 0 Å². The topological polar surface area (TPSA) is 66.8 Å². The number of aliphatic hydroxyl groups is 1. The summed E-state index contributed by atoms with van der Waals surface area (Å²) >= 11 is 0. The van der Waals surface area contributed by atoms with E-state index in [9.17, 15) is 13.5 Å². The van der Waals surface area contributed by atoms with E-state index in [1.165, 1.54) is 17.4 Å². The molecule has 6 heteroatoms. The summed E-state index contributed by atoms with van der Waals surface area (Å²) in [6, 6.07) is 6.47. The highest BCUT2D eigenvalue weighted by Gasteiger charge is 2.22. The van der Waals surface area contributed by atoms with Crippen LogP contribution in [0.3, 0.4) is 0 Å². The van der Waals surface area contributed by atoms with E-state index in [1.807, 2.05) is 0 Å². The molecule has 1 aromatic rings. The number of aliphatic hydroxyl groups excluding tert-OH is 1. The maximum atomic E-state index is 12.3. The quantitative estimate of drug-likeness (QED) is 0.747. The largest absolute Gasteiger partial charge is 0.392 e. The molecule has 1 aromatic carbocycles. The number of methoxy groups -OCH3 is 1. The first kappa shape index (κ1) is 15.1. The van der Waals surface area contributed by atoms with Crippen molar-refractivity contribution in [2.75, 3.05) is 27.3 Å². The lowest BCUT2D eigenvalue weighted by atomic mass is 10.2. The first-order valence-corrected chi connectivity index (χ1v) is 7.12. The van der Waals surface area contributed by atoms with Gasteiger partial charge in [-0.1, -0.05) is 18.2 Å². The number of sulfonamides is 1. The Morgan fingerprint density at radius 2 is 2.00 bits per heavy atom. The molecule has 0 unspecified atom stereocenters. The summed E-state index contributed by atoms with van der Waals surface area (Å²) in [6.07, 6.45) is 0.632. The standard InChI is InChI=1S/C12H19NO4S/c1-13(8-5-9-17-2)18(15,16)12-7-4-3-6-11(12)10-14/h3-4,6-7,14H,5,8-10H2,1-2H3. The number of nitrogens with zero attached hydrogens (tertiary/aromatic N) is 1. The lowest BCUT2D eigenvalue weighted by molar-refractivity contribution is 0.189. The average molecular weight is 273 g/mol. The molecule has 0 heterocycles. The van der Waals surface area contributed by atoms with Crippen LogP contribution in [-0.4, -0.2) is 45.1 Å². The van der Waals surface area contributed by atoms with Gasteiger partial charge in [-0.3, -0.25) is 0 Å². The van der Waals surface area contributed by atoms with Crippen molar-refractivity contribution in [1.82, 2.24) is 4.31 Å². The lowest BCUT2D eigenvalue weighted by Crippen LogP contribution is -2.29. The maximum Gasteiger partial charge on any atom is 0.243 e. The summed E-state index contributed by atoms with van der Waals surface area (Å²) in [5.74, 6) is 0. The molecule has 0 saturated heterocycles. The Morgan fingerprint density at radius 1 is 1.33 bits per heavy atom. The van der Waals surface area contributed by atoms with E-state index in [0.29, 0.717) is 25.1 Å². The second kappa shape index (κ2) is 6.84. The Labute approximate surface area is 108 Å². The molecule has 1 N–H and O–H groups in total. The third-order valence-corrected chi connectivity index (χ3v) is 4.61. The molecular weight excluding hydrogens is 254 g/mol. The van der Waals surface area contributed by atoms with E-state index < -0.39 is 10.0 Å². The van der Waals surface area contributed by atoms with Crippen LogP contribution in [-0.2, 0) is 21.4 Å². The molecule has 0 radical (unpaired) electrons. The minimum atomic E-state index is -3.54. The van der Waals surface area contributed by atoms with Crippen LogP contribution in [0, 0.1) is 0 Å². The van der Waals surface area contributed by atoms with Gasteiger partial charge >= 0.3 is 0 Å². The fourth-order valence-electron chi connectivity index (χ4n) is 1.61. The van der Waals surface area contributed by atoms with Gasteiger partial charge in [0.15, 0.2) is 0 Å². The fourth-order valence-corrected chi connectivity index (χ4v) is 3.03. The van der Waals surface area contributed by atoms with E-state index >= 15 is 0 Å². The van der Waals surface area contributed by atoms with E-state index in [2.05, 4.69) is 0 Å². The smallest absolute Gasteiger partial charge is 0.243 e. The third-order valence-electron chi connectivity index (χ3n) is 2.65. The van der Waals surface area contributed by atoms with Crippen molar-refractivity contribution in [2.24, 2.45) is 0 Å². The van der Waals surface area contributed by atoms with Gasteiger partial charge in [0.05, 0.1) is 11.5 Å². The second-order valence-electron chi connectivity index (χ2n) is 3.94. The van der Waals surface area contributed by atoms with Crippen LogP contribution < -0.4 is 0 Å². The van der Waals surface area contributed by atoms with Crippen molar-refractivity contribution in [3.8, 4) is 0 Å². The summed E-state index contributed by atoms with van der Waals surface area (Å²) < 4.78 is 30.7. The van der Waals surface area contributed by atoms with Crippen LogP contribution in [0.1, 0.15) is 12.0 Å². The highest BCUT2D eigenvalue weighted by atomic mass is 32.2. The molecule has 0 fully saturated rings. The first-order valence-electron chi connectivity index (χ1n) is 5.68. The zero-order valence-electron chi connectivity index (χ0n) is 10.7. The zero-order chi connectivity index (χ0) is 13.6. The molecule has 0 saturated carbocycles. The maximum absolute atomic E-state index is 12.3. The summed E-state index contributed by atoms with van der Waals surface area (Å²) in [5.41, 5.74) is 0.413. The summed E-state index contributed by atoms with van der Waals surface area (Å²) in [4.78, 5) is 0.160. The van der Waals surface area contributed by atoms with Crippen molar-refractivity contribution in [3.63, 3.8) is 0 Å². The fraction of sp³-hybridized carbons (Fsp3) is 0.500. The number of rotatable bonds is 7. The molecule has 5 nitrogen and oxygen atoms in total. The number of hydrogen-bond donors (Lipinski definition) is 1. The molecule has 0 aliphatic heterocycles. The molecule has 0 aromatic heterocycles. The molecule has 1 rings (SSSR count). The van der Waals surface area contributed by atoms with Gasteiger partial charge in [-0.25, -0.2) is 12.7 Å².